The monoisotopic (exact) mass is 274 g/mol. The lowest BCUT2D eigenvalue weighted by Gasteiger charge is -2.15. The molecule has 20 heavy (non-hydrogen) atoms. The number of carbonyl (C=O) groups is 1. The molecule has 3 rings (SSSR count). The van der Waals surface area contributed by atoms with Crippen molar-refractivity contribution >= 4 is 5.91 Å². The van der Waals surface area contributed by atoms with Crippen LogP contribution in [0.3, 0.4) is 0 Å². The summed E-state index contributed by atoms with van der Waals surface area (Å²) in [5.41, 5.74) is 0. The molecule has 0 radical (unpaired) electrons. The van der Waals surface area contributed by atoms with Crippen LogP contribution in [0.4, 0.5) is 0 Å². The molecule has 6 nitrogen and oxygen atoms in total. The van der Waals surface area contributed by atoms with E-state index >= 15 is 0 Å². The molecule has 0 bridgehead atoms. The number of rotatable bonds is 4. The van der Waals surface area contributed by atoms with E-state index in [2.05, 4.69) is 14.8 Å². The maximum atomic E-state index is 12.3. The van der Waals surface area contributed by atoms with Gasteiger partial charge in [0.1, 0.15) is 11.6 Å². The first-order valence-electron chi connectivity index (χ1n) is 6.94. The minimum absolute atomic E-state index is 0.125. The van der Waals surface area contributed by atoms with Crippen LogP contribution in [0.1, 0.15) is 41.3 Å². The Kier molecular flexibility index (Phi) is 3.30. The third-order valence-electron chi connectivity index (χ3n) is 3.63. The van der Waals surface area contributed by atoms with E-state index in [-0.39, 0.29) is 5.91 Å². The van der Waals surface area contributed by atoms with Crippen LogP contribution in [0.15, 0.2) is 16.5 Å². The van der Waals surface area contributed by atoms with Crippen molar-refractivity contribution in [2.45, 2.75) is 39.3 Å². The predicted octanol–water partition coefficient (Wildman–Crippen LogP) is 1.65. The molecule has 0 saturated heterocycles. The maximum Gasteiger partial charge on any atom is 0.289 e. The maximum absolute atomic E-state index is 12.3. The van der Waals surface area contributed by atoms with Gasteiger partial charge in [0.15, 0.2) is 11.6 Å². The summed E-state index contributed by atoms with van der Waals surface area (Å²) >= 11 is 0. The topological polar surface area (TPSA) is 64.2 Å². The molecule has 1 aliphatic heterocycles. The number of furan rings is 1. The fourth-order valence-corrected chi connectivity index (χ4v) is 2.48. The lowest BCUT2D eigenvalue weighted by Crippen LogP contribution is -2.27. The van der Waals surface area contributed by atoms with Crippen LogP contribution in [0.2, 0.25) is 0 Å². The first-order chi connectivity index (χ1) is 9.69. The number of hydrogen-bond donors (Lipinski definition) is 0. The third kappa shape index (κ3) is 2.21. The summed E-state index contributed by atoms with van der Waals surface area (Å²) in [5.74, 6) is 2.94. The number of aromatic nitrogens is 3. The molecule has 2 aromatic rings. The Morgan fingerprint density at radius 3 is 3.05 bits per heavy atom. The Hall–Kier alpha value is -2.11. The smallest absolute Gasteiger partial charge is 0.289 e. The van der Waals surface area contributed by atoms with E-state index in [4.69, 9.17) is 4.42 Å². The van der Waals surface area contributed by atoms with Crippen LogP contribution in [0.25, 0.3) is 0 Å². The molecule has 0 spiro atoms. The van der Waals surface area contributed by atoms with Gasteiger partial charge in [0.05, 0.1) is 6.54 Å². The summed E-state index contributed by atoms with van der Waals surface area (Å²) in [6, 6.07) is 3.57. The quantitative estimate of drug-likeness (QED) is 0.850. The zero-order chi connectivity index (χ0) is 14.1. The van der Waals surface area contributed by atoms with Crippen LogP contribution >= 0.6 is 0 Å². The minimum atomic E-state index is -0.125. The van der Waals surface area contributed by atoms with Crippen LogP contribution < -0.4 is 0 Å². The highest BCUT2D eigenvalue weighted by Gasteiger charge is 2.21. The number of aryl methyl sites for hydroxylation is 2. The first kappa shape index (κ1) is 12.9. The lowest BCUT2D eigenvalue weighted by molar-refractivity contribution is 0.0746. The average Bonchev–Trinajstić information content (AvgIpc) is 3.15. The molecular weight excluding hydrogens is 256 g/mol. The highest BCUT2D eigenvalue weighted by molar-refractivity contribution is 5.91. The number of nitrogens with zero attached hydrogens (tertiary/aromatic N) is 4. The van der Waals surface area contributed by atoms with Crippen molar-refractivity contribution in [3.8, 4) is 0 Å². The molecule has 6 heteroatoms. The van der Waals surface area contributed by atoms with Crippen molar-refractivity contribution in [2.24, 2.45) is 0 Å². The highest BCUT2D eigenvalue weighted by atomic mass is 16.4. The summed E-state index contributed by atoms with van der Waals surface area (Å²) in [5, 5.41) is 8.31. The summed E-state index contributed by atoms with van der Waals surface area (Å²) in [4.78, 5) is 13.9. The second-order valence-corrected chi connectivity index (χ2v) is 5.07. The molecule has 0 unspecified atom stereocenters. The summed E-state index contributed by atoms with van der Waals surface area (Å²) in [6.07, 6.45) is 2.87. The third-order valence-corrected chi connectivity index (χ3v) is 3.63. The number of amides is 1. The standard InChI is InChI=1S/C14H18N4O2/c1-3-10-6-7-11(20-10)14(19)17(2)9-13-16-15-12-5-4-8-18(12)13/h6-7H,3-5,8-9H2,1-2H3. The average molecular weight is 274 g/mol. The first-order valence-corrected chi connectivity index (χ1v) is 6.94. The molecule has 2 aromatic heterocycles. The SMILES string of the molecule is CCc1ccc(C(=O)N(C)Cc2nnc3n2CCC3)o1. The van der Waals surface area contributed by atoms with Gasteiger partial charge in [-0.1, -0.05) is 6.92 Å². The van der Waals surface area contributed by atoms with Crippen molar-refractivity contribution in [2.75, 3.05) is 7.05 Å². The minimum Gasteiger partial charge on any atom is -0.456 e. The summed E-state index contributed by atoms with van der Waals surface area (Å²) in [7, 11) is 1.76. The van der Waals surface area contributed by atoms with Gasteiger partial charge in [-0.05, 0) is 18.6 Å². The molecule has 0 saturated carbocycles. The number of fused-ring (bicyclic) bond motifs is 1. The van der Waals surface area contributed by atoms with Gasteiger partial charge >= 0.3 is 0 Å². The van der Waals surface area contributed by atoms with Gasteiger partial charge in [0.25, 0.3) is 5.91 Å². The van der Waals surface area contributed by atoms with Crippen molar-refractivity contribution in [1.82, 2.24) is 19.7 Å². The van der Waals surface area contributed by atoms with Crippen molar-refractivity contribution in [3.05, 3.63) is 35.3 Å². The molecule has 0 atom stereocenters. The molecule has 3 heterocycles. The van der Waals surface area contributed by atoms with E-state index in [1.165, 1.54) is 0 Å². The Labute approximate surface area is 117 Å². The van der Waals surface area contributed by atoms with E-state index in [0.29, 0.717) is 12.3 Å². The summed E-state index contributed by atoms with van der Waals surface area (Å²) < 4.78 is 7.59. The van der Waals surface area contributed by atoms with Crippen molar-refractivity contribution in [3.63, 3.8) is 0 Å². The van der Waals surface area contributed by atoms with Gasteiger partial charge in [0, 0.05) is 26.4 Å². The van der Waals surface area contributed by atoms with E-state index in [1.54, 1.807) is 18.0 Å². The number of carbonyl (C=O) groups excluding carboxylic acids is 1. The van der Waals surface area contributed by atoms with Crippen LogP contribution in [-0.2, 0) is 25.9 Å². The van der Waals surface area contributed by atoms with Crippen LogP contribution in [-0.4, -0.2) is 32.6 Å². The Morgan fingerprint density at radius 2 is 2.30 bits per heavy atom. The van der Waals surface area contributed by atoms with E-state index < -0.39 is 0 Å². The van der Waals surface area contributed by atoms with Gasteiger partial charge in [-0.2, -0.15) is 0 Å². The van der Waals surface area contributed by atoms with Gasteiger partial charge in [-0.15, -0.1) is 10.2 Å². The Morgan fingerprint density at radius 1 is 1.45 bits per heavy atom. The van der Waals surface area contributed by atoms with Crippen LogP contribution in [0.5, 0.6) is 0 Å². The van der Waals surface area contributed by atoms with Gasteiger partial charge in [-0.3, -0.25) is 4.79 Å². The zero-order valence-corrected chi connectivity index (χ0v) is 11.8. The Bertz CT molecular complexity index is 629. The normalized spacial score (nSPS) is 13.5. The zero-order valence-electron chi connectivity index (χ0n) is 11.8. The molecule has 1 aliphatic rings. The van der Waals surface area contributed by atoms with Crippen molar-refractivity contribution < 1.29 is 9.21 Å². The van der Waals surface area contributed by atoms with E-state index in [0.717, 1.165) is 43.2 Å². The van der Waals surface area contributed by atoms with E-state index in [9.17, 15) is 4.79 Å². The number of hydrogen-bond acceptors (Lipinski definition) is 4. The molecular formula is C14H18N4O2. The van der Waals surface area contributed by atoms with Crippen LogP contribution in [0, 0.1) is 0 Å². The fraction of sp³-hybridized carbons (Fsp3) is 0.500. The molecule has 0 aromatic carbocycles. The highest BCUT2D eigenvalue weighted by Crippen LogP contribution is 2.16. The molecule has 0 aliphatic carbocycles. The molecule has 0 fully saturated rings. The molecule has 0 N–H and O–H groups in total. The lowest BCUT2D eigenvalue weighted by atomic mass is 10.3. The van der Waals surface area contributed by atoms with Gasteiger partial charge < -0.3 is 13.9 Å². The second-order valence-electron chi connectivity index (χ2n) is 5.07. The fourth-order valence-electron chi connectivity index (χ4n) is 2.48. The molecule has 106 valence electrons. The van der Waals surface area contributed by atoms with E-state index in [1.807, 2.05) is 13.0 Å². The second kappa shape index (κ2) is 5.11. The predicted molar refractivity (Wildman–Crippen MR) is 72.2 cm³/mol. The largest absolute Gasteiger partial charge is 0.456 e. The van der Waals surface area contributed by atoms with Gasteiger partial charge in [0.2, 0.25) is 0 Å². The Balaban J connectivity index is 1.72. The molecule has 1 amide bonds. The van der Waals surface area contributed by atoms with Crippen molar-refractivity contribution in [1.29, 1.82) is 0 Å². The summed E-state index contributed by atoms with van der Waals surface area (Å²) in [6.45, 7) is 3.39. The van der Waals surface area contributed by atoms with Gasteiger partial charge in [-0.25, -0.2) is 0 Å².